The number of rotatable bonds is 11. The van der Waals surface area contributed by atoms with Gasteiger partial charge < -0.3 is 27.0 Å². The van der Waals surface area contributed by atoms with Crippen LogP contribution in [-0.2, 0) is 14.3 Å². The number of guanidine groups is 2. The number of halogens is 6. The summed E-state index contributed by atoms with van der Waals surface area (Å²) in [6, 6.07) is 0. The quantitative estimate of drug-likeness (QED) is 0.0518. The van der Waals surface area contributed by atoms with Gasteiger partial charge in [0.2, 0.25) is 17.5 Å². The molecular weight excluding hydrogens is 480 g/mol. The van der Waals surface area contributed by atoms with Crippen LogP contribution in [0.2, 0.25) is 0 Å². The highest BCUT2D eigenvalue weighted by Crippen LogP contribution is 2.33. The number of hydrogen-bond donors (Lipinski definition) is 5. The number of hydrogen-bond acceptors (Lipinski definition) is 6. The molecule has 0 aromatic rings. The zero-order valence-corrected chi connectivity index (χ0v) is 18.8. The molecule has 0 saturated heterocycles. The molecule has 0 bridgehead atoms. The third-order valence-electron chi connectivity index (χ3n) is 4.04. The molecule has 0 unspecified atom stereocenters. The predicted molar refractivity (Wildman–Crippen MR) is 108 cm³/mol. The minimum Gasteiger partial charge on any atom is -0.479 e. The first-order valence-corrected chi connectivity index (χ1v) is 9.67. The highest BCUT2D eigenvalue weighted by molar-refractivity contribution is 6.04. The molecule has 34 heavy (non-hydrogen) atoms. The van der Waals surface area contributed by atoms with Gasteiger partial charge in [0.1, 0.15) is 5.60 Å². The zero-order valence-electron chi connectivity index (χ0n) is 18.8. The summed E-state index contributed by atoms with van der Waals surface area (Å²) in [6.45, 7) is -1.12. The third kappa shape index (κ3) is 10.8. The fraction of sp³-hybridized carbons (Fsp3) is 0.765. The van der Waals surface area contributed by atoms with Crippen molar-refractivity contribution in [3.63, 3.8) is 0 Å². The summed E-state index contributed by atoms with van der Waals surface area (Å²) in [6.07, 6.45) is -12.1. The number of carboxylic acid groups (broad SMARTS) is 1. The van der Waals surface area contributed by atoms with E-state index in [1.807, 2.05) is 0 Å². The van der Waals surface area contributed by atoms with E-state index < -0.39 is 78.2 Å². The summed E-state index contributed by atoms with van der Waals surface area (Å²) in [5, 5.41) is 21.4. The fourth-order valence-electron chi connectivity index (χ4n) is 2.85. The maximum absolute atomic E-state index is 13.1. The number of carbonyl (C=O) groups excluding carboxylic acids is 1. The summed E-state index contributed by atoms with van der Waals surface area (Å²) in [7, 11) is 0. The topological polar surface area (TPSA) is 184 Å². The maximum atomic E-state index is 13.1. The molecule has 0 radical (unpaired) electrons. The largest absolute Gasteiger partial charge is 0.479 e. The molecule has 0 aromatic carbocycles. The molecule has 0 spiro atoms. The molecule has 8 N–H and O–H groups in total. The molecule has 198 valence electrons. The van der Waals surface area contributed by atoms with Crippen molar-refractivity contribution in [3.05, 3.63) is 0 Å². The van der Waals surface area contributed by atoms with Crippen LogP contribution in [0.4, 0.5) is 26.3 Å². The molecule has 0 rings (SSSR count). The van der Waals surface area contributed by atoms with Gasteiger partial charge in [-0.1, -0.05) is 0 Å². The first kappa shape index (κ1) is 31.0. The number of nitrogens with zero attached hydrogens (tertiary/aromatic N) is 3. The van der Waals surface area contributed by atoms with Crippen molar-refractivity contribution in [2.75, 3.05) is 19.6 Å². The van der Waals surface area contributed by atoms with E-state index in [0.717, 1.165) is 5.01 Å². The highest BCUT2D eigenvalue weighted by atomic mass is 19.4. The van der Waals surface area contributed by atoms with Gasteiger partial charge in [0.05, 0.1) is 13.1 Å². The van der Waals surface area contributed by atoms with Gasteiger partial charge in [0.25, 0.3) is 0 Å². The number of hydrazone groups is 1. The van der Waals surface area contributed by atoms with Gasteiger partial charge in [-0.3, -0.25) is 10.3 Å². The molecule has 0 aliphatic heterocycles. The summed E-state index contributed by atoms with van der Waals surface area (Å²) in [4.78, 5) is 24.5. The zero-order chi connectivity index (χ0) is 27.1. The Hall–Kier alpha value is -2.98. The molecule has 0 saturated carbocycles. The fourth-order valence-corrected chi connectivity index (χ4v) is 2.85. The monoisotopic (exact) mass is 509 g/mol. The van der Waals surface area contributed by atoms with E-state index in [2.05, 4.69) is 5.10 Å². The summed E-state index contributed by atoms with van der Waals surface area (Å²) < 4.78 is 83.8. The van der Waals surface area contributed by atoms with Gasteiger partial charge in [0, 0.05) is 6.54 Å². The van der Waals surface area contributed by atoms with E-state index in [0.29, 0.717) is 0 Å². The van der Waals surface area contributed by atoms with Crippen LogP contribution < -0.4 is 17.2 Å². The van der Waals surface area contributed by atoms with E-state index in [1.165, 1.54) is 20.8 Å². The van der Waals surface area contributed by atoms with Crippen molar-refractivity contribution in [2.45, 2.75) is 63.5 Å². The Balaban J connectivity index is 6.25. The van der Waals surface area contributed by atoms with E-state index in [9.17, 15) is 41.0 Å². The molecule has 0 fully saturated rings. The van der Waals surface area contributed by atoms with E-state index in [4.69, 9.17) is 27.3 Å². The maximum Gasteiger partial charge on any atom is 0.401 e. The lowest BCUT2D eigenvalue weighted by Gasteiger charge is -2.40. The lowest BCUT2D eigenvalue weighted by molar-refractivity contribution is -0.213. The number of carboxylic acids is 1. The number of aliphatic carboxylic acids is 1. The first-order chi connectivity index (χ1) is 15.1. The van der Waals surface area contributed by atoms with Crippen LogP contribution in [0.25, 0.3) is 0 Å². The van der Waals surface area contributed by atoms with Gasteiger partial charge in [-0.2, -0.15) is 26.3 Å². The summed E-state index contributed by atoms with van der Waals surface area (Å²) in [5.41, 5.74) is 10.9. The SMILES string of the molecule is CC(C)(C)OC(=O)[C@@](CCCCN(N=C(N)N)C(=N)N)(C(=O)O)N(CC(F)(F)F)CC(F)(F)F. The Morgan fingerprint density at radius 3 is 1.76 bits per heavy atom. The number of unbranched alkanes of at least 4 members (excludes halogenated alkanes) is 1. The number of esters is 1. The summed E-state index contributed by atoms with van der Waals surface area (Å²) >= 11 is 0. The first-order valence-electron chi connectivity index (χ1n) is 9.67. The second kappa shape index (κ2) is 11.4. The van der Waals surface area contributed by atoms with Crippen LogP contribution in [0.1, 0.15) is 40.0 Å². The predicted octanol–water partition coefficient (Wildman–Crippen LogP) is 1.13. The Labute approximate surface area is 191 Å². The number of nitrogens with two attached hydrogens (primary N) is 3. The lowest BCUT2D eigenvalue weighted by atomic mass is 9.89. The van der Waals surface area contributed by atoms with Crippen LogP contribution in [0.3, 0.4) is 0 Å². The van der Waals surface area contributed by atoms with Crippen molar-refractivity contribution in [1.29, 1.82) is 5.41 Å². The molecule has 0 aliphatic carbocycles. The van der Waals surface area contributed by atoms with Crippen LogP contribution >= 0.6 is 0 Å². The second-order valence-corrected chi connectivity index (χ2v) is 8.24. The number of ether oxygens (including phenoxy) is 1. The number of carbonyl (C=O) groups is 2. The molecule has 11 nitrogen and oxygen atoms in total. The number of alkyl halides is 6. The minimum absolute atomic E-state index is 0.167. The molecule has 0 aromatic heterocycles. The van der Waals surface area contributed by atoms with Crippen LogP contribution in [0.5, 0.6) is 0 Å². The van der Waals surface area contributed by atoms with Crippen molar-refractivity contribution in [2.24, 2.45) is 22.3 Å². The summed E-state index contributed by atoms with van der Waals surface area (Å²) in [5.74, 6) is -5.16. The highest BCUT2D eigenvalue weighted by Gasteiger charge is 2.57. The van der Waals surface area contributed by atoms with Crippen LogP contribution in [0, 0.1) is 5.41 Å². The minimum atomic E-state index is -5.27. The Morgan fingerprint density at radius 1 is 0.971 bits per heavy atom. The molecular formula is C17H29F6N7O4. The van der Waals surface area contributed by atoms with Gasteiger partial charge >= 0.3 is 24.3 Å². The van der Waals surface area contributed by atoms with Crippen molar-refractivity contribution in [1.82, 2.24) is 9.91 Å². The molecule has 1 atom stereocenters. The van der Waals surface area contributed by atoms with Crippen molar-refractivity contribution < 1.29 is 45.8 Å². The average Bonchev–Trinajstić information content (AvgIpc) is 2.55. The second-order valence-electron chi connectivity index (χ2n) is 8.24. The van der Waals surface area contributed by atoms with Gasteiger partial charge in [0.15, 0.2) is 0 Å². The molecule has 17 heteroatoms. The lowest BCUT2D eigenvalue weighted by Crippen LogP contribution is -2.65. The molecule has 0 heterocycles. The molecule has 0 aliphatic rings. The van der Waals surface area contributed by atoms with E-state index >= 15 is 0 Å². The van der Waals surface area contributed by atoms with Crippen LogP contribution in [0.15, 0.2) is 5.10 Å². The Kier molecular flexibility index (Phi) is 10.4. The third-order valence-corrected chi connectivity index (χ3v) is 4.04. The standard InChI is InChI=1S/C17H29F6N7O4/c1-14(2,3)34-11(33)15(10(31)32,29(8-16(18,19)20)9-17(21,22)23)6-4-5-7-30(13(26)27)28-12(24)25/h4-9H2,1-3H3,(H3,26,27)(H,31,32)(H4,24,25,28)/t15-/m1/s1. The van der Waals surface area contributed by atoms with E-state index in [1.54, 1.807) is 0 Å². The Morgan fingerprint density at radius 2 is 1.44 bits per heavy atom. The number of nitrogens with one attached hydrogen (secondary N) is 1. The smallest absolute Gasteiger partial charge is 0.401 e. The molecule has 0 amide bonds. The van der Waals surface area contributed by atoms with Gasteiger partial charge in [-0.15, -0.1) is 5.10 Å². The van der Waals surface area contributed by atoms with Crippen molar-refractivity contribution in [3.8, 4) is 0 Å². The van der Waals surface area contributed by atoms with Crippen LogP contribution in [-0.4, -0.2) is 82.0 Å². The average molecular weight is 509 g/mol. The van der Waals surface area contributed by atoms with Gasteiger partial charge in [-0.25, -0.2) is 14.6 Å². The van der Waals surface area contributed by atoms with E-state index in [-0.39, 0.29) is 13.0 Å². The van der Waals surface area contributed by atoms with Gasteiger partial charge in [-0.05, 0) is 40.0 Å². The van der Waals surface area contributed by atoms with Crippen molar-refractivity contribution >= 4 is 23.9 Å². The Bertz CT molecular complexity index is 747. The normalized spacial score (nSPS) is 14.3.